The SMILES string of the molecule is N#CC1=C(N)C(C#N)(C#N)[C@H](c2ccc(COc3cccc(C(F)(F)F)c3)o2)[C@H]2CCCC=C12. The molecule has 1 aromatic carbocycles. The quantitative estimate of drug-likeness (QED) is 0.641. The number of hydrogen-bond acceptors (Lipinski definition) is 6. The van der Waals surface area contributed by atoms with E-state index in [0.717, 1.165) is 30.5 Å². The van der Waals surface area contributed by atoms with E-state index in [2.05, 4.69) is 6.07 Å². The third-order valence-corrected chi connectivity index (χ3v) is 6.33. The summed E-state index contributed by atoms with van der Waals surface area (Å²) >= 11 is 0. The fourth-order valence-corrected chi connectivity index (χ4v) is 4.73. The van der Waals surface area contributed by atoms with Crippen molar-refractivity contribution in [2.45, 2.75) is 38.0 Å². The summed E-state index contributed by atoms with van der Waals surface area (Å²) in [5.74, 6) is -0.375. The molecule has 2 atom stereocenters. The number of ether oxygens (including phenoxy) is 1. The van der Waals surface area contributed by atoms with E-state index in [4.69, 9.17) is 14.9 Å². The van der Waals surface area contributed by atoms with Gasteiger partial charge in [0.2, 0.25) is 0 Å². The summed E-state index contributed by atoms with van der Waals surface area (Å²) in [6, 6.07) is 13.8. The largest absolute Gasteiger partial charge is 0.486 e. The van der Waals surface area contributed by atoms with E-state index in [9.17, 15) is 29.0 Å². The van der Waals surface area contributed by atoms with Crippen LogP contribution in [0.2, 0.25) is 0 Å². The zero-order chi connectivity index (χ0) is 24.5. The number of rotatable bonds is 4. The Morgan fingerprint density at radius 1 is 1.15 bits per heavy atom. The third-order valence-electron chi connectivity index (χ3n) is 6.33. The van der Waals surface area contributed by atoms with Crippen molar-refractivity contribution in [2.24, 2.45) is 17.1 Å². The van der Waals surface area contributed by atoms with Gasteiger partial charge in [-0.2, -0.15) is 29.0 Å². The molecule has 0 radical (unpaired) electrons. The predicted molar refractivity (Wildman–Crippen MR) is 113 cm³/mol. The molecule has 0 aliphatic heterocycles. The van der Waals surface area contributed by atoms with Crippen LogP contribution in [0.15, 0.2) is 63.7 Å². The topological polar surface area (TPSA) is 120 Å². The minimum absolute atomic E-state index is 0.0252. The molecule has 0 fully saturated rings. The molecule has 2 aliphatic rings. The van der Waals surface area contributed by atoms with Gasteiger partial charge in [0.15, 0.2) is 5.41 Å². The molecule has 2 aromatic rings. The van der Waals surface area contributed by atoms with Gasteiger partial charge in [0, 0.05) is 0 Å². The summed E-state index contributed by atoms with van der Waals surface area (Å²) < 4.78 is 50.2. The number of nitrogens with zero attached hydrogens (tertiary/aromatic N) is 3. The standard InChI is InChI=1S/C25H19F3N4O2/c26-25(27,28)15-4-3-5-16(10-15)33-12-17-8-9-21(34-17)22-19-7-2-1-6-18(19)20(11-29)23(32)24(22,13-30)14-31/h3-6,8-10,19,22H,1-2,7,12,32H2/t19-,22-/m0/s1. The molecule has 4 rings (SSSR count). The van der Waals surface area contributed by atoms with Crippen molar-refractivity contribution in [1.82, 2.24) is 0 Å². The van der Waals surface area contributed by atoms with Crippen LogP contribution in [0.3, 0.4) is 0 Å². The Morgan fingerprint density at radius 3 is 2.59 bits per heavy atom. The van der Waals surface area contributed by atoms with Crippen molar-refractivity contribution >= 4 is 0 Å². The summed E-state index contributed by atoms with van der Waals surface area (Å²) in [5, 5.41) is 29.7. The van der Waals surface area contributed by atoms with Gasteiger partial charge in [-0.3, -0.25) is 0 Å². The van der Waals surface area contributed by atoms with Crippen LogP contribution < -0.4 is 10.5 Å². The number of fused-ring (bicyclic) bond motifs is 1. The van der Waals surface area contributed by atoms with Crippen molar-refractivity contribution in [3.05, 3.63) is 76.4 Å². The minimum Gasteiger partial charge on any atom is -0.486 e. The van der Waals surface area contributed by atoms with Gasteiger partial charge in [-0.25, -0.2) is 0 Å². The van der Waals surface area contributed by atoms with Gasteiger partial charge in [-0.1, -0.05) is 12.1 Å². The Kier molecular flexibility index (Phi) is 5.85. The van der Waals surface area contributed by atoms with Crippen LogP contribution in [0.4, 0.5) is 13.2 Å². The third kappa shape index (κ3) is 3.78. The maximum absolute atomic E-state index is 12.9. The van der Waals surface area contributed by atoms with E-state index in [0.29, 0.717) is 17.9 Å². The number of hydrogen-bond donors (Lipinski definition) is 1. The van der Waals surface area contributed by atoms with Crippen LogP contribution in [0.1, 0.15) is 42.3 Å². The van der Waals surface area contributed by atoms with Crippen molar-refractivity contribution in [3.63, 3.8) is 0 Å². The lowest BCUT2D eigenvalue weighted by atomic mass is 9.58. The molecule has 0 amide bonds. The molecule has 0 spiro atoms. The van der Waals surface area contributed by atoms with Crippen LogP contribution in [-0.2, 0) is 12.8 Å². The van der Waals surface area contributed by atoms with Crippen molar-refractivity contribution in [1.29, 1.82) is 15.8 Å². The summed E-state index contributed by atoms with van der Waals surface area (Å²) in [5.41, 5.74) is 4.41. The normalized spacial score (nSPS) is 21.5. The summed E-state index contributed by atoms with van der Waals surface area (Å²) in [4.78, 5) is 0. The second-order valence-electron chi connectivity index (χ2n) is 8.22. The first-order valence-corrected chi connectivity index (χ1v) is 10.6. The zero-order valence-corrected chi connectivity index (χ0v) is 17.9. The fourth-order valence-electron chi connectivity index (χ4n) is 4.73. The van der Waals surface area contributed by atoms with E-state index >= 15 is 0 Å². The zero-order valence-electron chi connectivity index (χ0n) is 17.9. The van der Waals surface area contributed by atoms with Crippen LogP contribution >= 0.6 is 0 Å². The fraction of sp³-hybridized carbons (Fsp3) is 0.320. The maximum Gasteiger partial charge on any atom is 0.416 e. The van der Waals surface area contributed by atoms with Gasteiger partial charge in [0.1, 0.15) is 29.9 Å². The van der Waals surface area contributed by atoms with Gasteiger partial charge in [0.05, 0.1) is 34.9 Å². The van der Waals surface area contributed by atoms with Gasteiger partial charge >= 0.3 is 6.18 Å². The molecule has 0 unspecified atom stereocenters. The highest BCUT2D eigenvalue weighted by Crippen LogP contribution is 2.56. The molecule has 34 heavy (non-hydrogen) atoms. The number of nitrogens with two attached hydrogens (primary N) is 1. The van der Waals surface area contributed by atoms with E-state index in [-0.39, 0.29) is 29.5 Å². The molecule has 2 N–H and O–H groups in total. The summed E-state index contributed by atoms with van der Waals surface area (Å²) in [6.07, 6.45) is -0.334. The van der Waals surface area contributed by atoms with E-state index in [1.54, 1.807) is 12.1 Å². The average Bonchev–Trinajstić information content (AvgIpc) is 3.30. The molecule has 9 heteroatoms. The lowest BCUT2D eigenvalue weighted by Gasteiger charge is -2.42. The Labute approximate surface area is 193 Å². The van der Waals surface area contributed by atoms with Crippen LogP contribution in [-0.4, -0.2) is 0 Å². The molecular weight excluding hydrogens is 445 g/mol. The average molecular weight is 464 g/mol. The van der Waals surface area contributed by atoms with Gasteiger partial charge < -0.3 is 14.9 Å². The lowest BCUT2D eigenvalue weighted by molar-refractivity contribution is -0.137. The molecule has 0 saturated heterocycles. The molecule has 0 bridgehead atoms. The summed E-state index contributed by atoms with van der Waals surface area (Å²) in [7, 11) is 0. The second kappa shape index (κ2) is 8.65. The monoisotopic (exact) mass is 464 g/mol. The molecular formula is C25H19F3N4O2. The minimum atomic E-state index is -4.49. The number of halogens is 3. The first kappa shape index (κ1) is 23.0. The maximum atomic E-state index is 12.9. The number of alkyl halides is 3. The van der Waals surface area contributed by atoms with Crippen LogP contribution in [0.25, 0.3) is 0 Å². The van der Waals surface area contributed by atoms with Crippen molar-refractivity contribution < 1.29 is 22.3 Å². The van der Waals surface area contributed by atoms with Crippen molar-refractivity contribution in [3.8, 4) is 24.0 Å². The molecule has 2 aliphatic carbocycles. The second-order valence-corrected chi connectivity index (χ2v) is 8.22. The van der Waals surface area contributed by atoms with Crippen LogP contribution in [0.5, 0.6) is 5.75 Å². The predicted octanol–water partition coefficient (Wildman–Crippen LogP) is 5.47. The number of benzene rings is 1. The smallest absolute Gasteiger partial charge is 0.416 e. The van der Waals surface area contributed by atoms with E-state index in [1.807, 2.05) is 18.2 Å². The summed E-state index contributed by atoms with van der Waals surface area (Å²) in [6.45, 7) is -0.151. The molecule has 0 saturated carbocycles. The van der Waals surface area contributed by atoms with Gasteiger partial charge in [-0.05, 0) is 61.1 Å². The molecule has 6 nitrogen and oxygen atoms in total. The highest BCUT2D eigenvalue weighted by atomic mass is 19.4. The highest BCUT2D eigenvalue weighted by molar-refractivity contribution is 5.58. The van der Waals surface area contributed by atoms with E-state index in [1.165, 1.54) is 12.1 Å². The van der Waals surface area contributed by atoms with Crippen LogP contribution in [0, 0.1) is 45.3 Å². The number of allylic oxidation sites excluding steroid dienone is 4. The Morgan fingerprint density at radius 2 is 1.91 bits per heavy atom. The lowest BCUT2D eigenvalue weighted by Crippen LogP contribution is -2.42. The molecule has 1 aromatic heterocycles. The van der Waals surface area contributed by atoms with Gasteiger partial charge in [0.25, 0.3) is 0 Å². The first-order valence-electron chi connectivity index (χ1n) is 10.6. The number of furan rings is 1. The van der Waals surface area contributed by atoms with Crippen molar-refractivity contribution in [2.75, 3.05) is 0 Å². The first-order chi connectivity index (χ1) is 16.2. The van der Waals surface area contributed by atoms with E-state index < -0.39 is 23.1 Å². The Hall–Kier alpha value is -4.16. The molecule has 1 heterocycles. The Balaban J connectivity index is 1.66. The molecule has 172 valence electrons. The highest BCUT2D eigenvalue weighted by Gasteiger charge is 2.55. The Bertz CT molecular complexity index is 1290. The van der Waals surface area contributed by atoms with Gasteiger partial charge in [-0.15, -0.1) is 0 Å². The number of nitriles is 3.